The molecule has 1 fully saturated rings. The Hall–Kier alpha value is -5.18. The Balaban J connectivity index is 1.33. The van der Waals surface area contributed by atoms with Crippen LogP contribution < -0.4 is 27.4 Å². The highest BCUT2D eigenvalue weighted by atomic mass is 16.1. The van der Waals surface area contributed by atoms with E-state index in [9.17, 15) is 4.79 Å². The summed E-state index contributed by atoms with van der Waals surface area (Å²) in [6.07, 6.45) is 21.8. The van der Waals surface area contributed by atoms with Crippen LogP contribution in [0.3, 0.4) is 0 Å². The van der Waals surface area contributed by atoms with Crippen molar-refractivity contribution >= 4 is 34.9 Å². The number of nitrogens with zero attached hydrogens (tertiary/aromatic N) is 3. The minimum atomic E-state index is 0.0270. The number of nitrogens with two attached hydrogens (primary N) is 2. The zero-order valence-electron chi connectivity index (χ0n) is 24.9. The van der Waals surface area contributed by atoms with E-state index >= 15 is 0 Å². The molecule has 0 radical (unpaired) electrons. The number of carbonyl (C=O) groups excluding carboxylic acids is 1. The minimum absolute atomic E-state index is 0.0270. The van der Waals surface area contributed by atoms with Crippen molar-refractivity contribution in [3.63, 3.8) is 0 Å². The van der Waals surface area contributed by atoms with Gasteiger partial charge in [-0.25, -0.2) is 0 Å². The molecule has 224 valence electrons. The fraction of sp³-hybridized carbons (Fsp3) is 0.257. The monoisotopic (exact) mass is 586 g/mol. The second-order valence-corrected chi connectivity index (χ2v) is 11.5. The van der Waals surface area contributed by atoms with E-state index in [1.165, 1.54) is 19.3 Å². The Bertz CT molecular complexity index is 1870. The van der Waals surface area contributed by atoms with Crippen LogP contribution >= 0.6 is 0 Å². The molecule has 4 aromatic heterocycles. The number of hydrogen-bond donors (Lipinski definition) is 5. The van der Waals surface area contributed by atoms with Crippen LogP contribution in [-0.2, 0) is 11.2 Å². The molecule has 1 amide bonds. The van der Waals surface area contributed by atoms with Crippen molar-refractivity contribution < 1.29 is 4.79 Å². The Labute approximate surface area is 256 Å². The molecule has 44 heavy (non-hydrogen) atoms. The van der Waals surface area contributed by atoms with Crippen LogP contribution in [0.5, 0.6) is 0 Å². The van der Waals surface area contributed by atoms with Crippen LogP contribution in [0.15, 0.2) is 73.0 Å². The number of carbonyl (C=O) groups is 1. The summed E-state index contributed by atoms with van der Waals surface area (Å²) in [6, 6.07) is 9.89. The van der Waals surface area contributed by atoms with Gasteiger partial charge in [0.05, 0.1) is 28.6 Å². The third-order valence-electron chi connectivity index (χ3n) is 8.39. The van der Waals surface area contributed by atoms with E-state index in [1.54, 1.807) is 24.8 Å². The first-order chi connectivity index (χ1) is 21.5. The molecule has 2 aliphatic rings. The van der Waals surface area contributed by atoms with Gasteiger partial charge in [0.2, 0.25) is 5.91 Å². The first-order valence-electron chi connectivity index (χ1n) is 15.2. The average molecular weight is 587 g/mol. The van der Waals surface area contributed by atoms with Gasteiger partial charge < -0.3 is 21.8 Å². The van der Waals surface area contributed by atoms with Crippen molar-refractivity contribution in [2.75, 3.05) is 5.32 Å². The quantitative estimate of drug-likeness (QED) is 0.215. The molecule has 0 bridgehead atoms. The molecule has 9 nitrogen and oxygen atoms in total. The molecule has 9 heteroatoms. The molecule has 2 aliphatic carbocycles. The van der Waals surface area contributed by atoms with Gasteiger partial charge in [-0.05, 0) is 67.7 Å². The fourth-order valence-corrected chi connectivity index (χ4v) is 6.14. The lowest BCUT2D eigenvalue weighted by molar-refractivity contribution is -0.117. The Morgan fingerprint density at radius 3 is 2.77 bits per heavy atom. The maximum absolute atomic E-state index is 12.8. The molecule has 4 heterocycles. The first kappa shape index (κ1) is 28.9. The lowest BCUT2D eigenvalue weighted by atomic mass is 9.87. The smallest absolute Gasteiger partial charge is 0.224 e. The van der Waals surface area contributed by atoms with Gasteiger partial charge in [-0.15, -0.1) is 0 Å². The largest absolute Gasteiger partial charge is 0.404 e. The number of anilines is 1. The molecule has 1 saturated carbocycles. The second kappa shape index (κ2) is 13.0. The molecule has 0 atom stereocenters. The van der Waals surface area contributed by atoms with E-state index in [4.69, 9.17) is 16.6 Å². The first-order valence-corrected chi connectivity index (χ1v) is 15.2. The van der Waals surface area contributed by atoms with Crippen molar-refractivity contribution in [1.29, 1.82) is 0 Å². The zero-order chi connectivity index (χ0) is 30.5. The van der Waals surface area contributed by atoms with Crippen molar-refractivity contribution in [1.82, 2.24) is 25.1 Å². The van der Waals surface area contributed by atoms with E-state index in [-0.39, 0.29) is 5.91 Å². The predicted molar refractivity (Wildman–Crippen MR) is 176 cm³/mol. The van der Waals surface area contributed by atoms with Gasteiger partial charge in [0.1, 0.15) is 5.69 Å². The molecule has 0 saturated heterocycles. The average Bonchev–Trinajstić information content (AvgIpc) is 3.60. The maximum atomic E-state index is 12.8. The Kier molecular flexibility index (Phi) is 8.54. The number of fused-ring (bicyclic) bond motifs is 1. The lowest BCUT2D eigenvalue weighted by Crippen LogP contribution is -2.23. The highest BCUT2D eigenvalue weighted by molar-refractivity contribution is 5.93. The molecular formula is C35H38N8O. The Morgan fingerprint density at radius 2 is 2.00 bits per heavy atom. The number of H-pyrrole nitrogens is 2. The minimum Gasteiger partial charge on any atom is -0.404 e. The van der Waals surface area contributed by atoms with E-state index in [2.05, 4.69) is 31.4 Å². The third kappa shape index (κ3) is 6.27. The van der Waals surface area contributed by atoms with Gasteiger partial charge in [0, 0.05) is 64.7 Å². The van der Waals surface area contributed by atoms with Crippen LogP contribution in [0.1, 0.15) is 68.0 Å². The summed E-state index contributed by atoms with van der Waals surface area (Å²) in [5.74, 6) is 0.487. The van der Waals surface area contributed by atoms with Crippen LogP contribution in [0.4, 0.5) is 5.69 Å². The number of nitrogens with one attached hydrogen (secondary N) is 3. The van der Waals surface area contributed by atoms with Crippen LogP contribution in [0.2, 0.25) is 0 Å². The summed E-state index contributed by atoms with van der Waals surface area (Å²) < 4.78 is 0. The summed E-state index contributed by atoms with van der Waals surface area (Å²) in [5, 5.41) is 12.6. The van der Waals surface area contributed by atoms with Crippen molar-refractivity contribution in [3.05, 3.63) is 106 Å². The topological polar surface area (TPSA) is 151 Å². The molecule has 0 aliphatic heterocycles. The number of pyridine rings is 2. The number of rotatable bonds is 7. The molecule has 0 unspecified atom stereocenters. The summed E-state index contributed by atoms with van der Waals surface area (Å²) >= 11 is 0. The summed E-state index contributed by atoms with van der Waals surface area (Å²) in [7, 11) is 0. The summed E-state index contributed by atoms with van der Waals surface area (Å²) in [4.78, 5) is 25.4. The number of aromatic amines is 2. The Morgan fingerprint density at radius 1 is 1.14 bits per heavy atom. The number of amides is 1. The van der Waals surface area contributed by atoms with Crippen LogP contribution in [0, 0.1) is 5.92 Å². The highest BCUT2D eigenvalue weighted by Crippen LogP contribution is 2.32. The third-order valence-corrected chi connectivity index (χ3v) is 8.39. The highest BCUT2D eigenvalue weighted by Gasteiger charge is 2.20. The molecule has 6 rings (SSSR count). The second-order valence-electron chi connectivity index (χ2n) is 11.5. The van der Waals surface area contributed by atoms with Crippen LogP contribution in [-0.4, -0.2) is 31.1 Å². The van der Waals surface area contributed by atoms with E-state index < -0.39 is 0 Å². The lowest BCUT2D eigenvalue weighted by Gasteiger charge is -2.20. The van der Waals surface area contributed by atoms with Crippen molar-refractivity contribution in [2.24, 2.45) is 17.4 Å². The van der Waals surface area contributed by atoms with Gasteiger partial charge in [-0.3, -0.25) is 19.9 Å². The number of allylic oxidation sites excluding steroid dienone is 4. The number of aromatic nitrogens is 5. The van der Waals surface area contributed by atoms with E-state index in [0.717, 1.165) is 74.2 Å². The van der Waals surface area contributed by atoms with E-state index in [1.807, 2.05) is 55.5 Å². The SMILES string of the molecule is C\C=c1/[nH]nc(-c2cc3c([nH]2)CC(N)=CC=C3c2ccccn2)/c1=C/C(=C\N)c1cncc(NC(=O)CC2CCCCC2)c1. The van der Waals surface area contributed by atoms with Crippen molar-refractivity contribution in [2.45, 2.75) is 51.9 Å². The van der Waals surface area contributed by atoms with Crippen molar-refractivity contribution in [3.8, 4) is 11.4 Å². The standard InChI is InChI=1S/C35H38N8O/c1-2-30-29(16-23(19-36)24-15-26(21-38-20-24)40-34(44)14-22-8-4-3-5-9-22)35(43-42-30)33-18-28-27(31-10-6-7-13-39-31)12-11-25(37)17-32(28)41-33/h2,6-7,10-13,15-16,18-22,41-42H,3-5,8-9,14,17,36-37H2,1H3,(H,40,44)/b23-19+,29-16+,30-2-. The maximum Gasteiger partial charge on any atom is 0.224 e. The zero-order valence-corrected chi connectivity index (χ0v) is 24.9. The number of hydrogen-bond acceptors (Lipinski definition) is 6. The molecule has 0 aromatic carbocycles. The van der Waals surface area contributed by atoms with Gasteiger partial charge in [-0.2, -0.15) is 5.10 Å². The predicted octanol–water partition coefficient (Wildman–Crippen LogP) is 4.51. The van der Waals surface area contributed by atoms with Crippen LogP contribution in [0.25, 0.3) is 34.7 Å². The normalized spacial score (nSPS) is 16.7. The van der Waals surface area contributed by atoms with Gasteiger partial charge >= 0.3 is 0 Å². The molecule has 0 spiro atoms. The van der Waals surface area contributed by atoms with E-state index in [0.29, 0.717) is 24.4 Å². The fourth-order valence-electron chi connectivity index (χ4n) is 6.14. The summed E-state index contributed by atoms with van der Waals surface area (Å²) in [5.41, 5.74) is 20.9. The van der Waals surface area contributed by atoms with Gasteiger partial charge in [0.15, 0.2) is 0 Å². The summed E-state index contributed by atoms with van der Waals surface area (Å²) in [6.45, 7) is 1.96. The molecule has 4 aromatic rings. The molecular weight excluding hydrogens is 548 g/mol. The molecule has 7 N–H and O–H groups in total. The van der Waals surface area contributed by atoms with Gasteiger partial charge in [-0.1, -0.05) is 37.5 Å². The van der Waals surface area contributed by atoms with Gasteiger partial charge in [0.25, 0.3) is 0 Å².